The molecular weight excluding hydrogens is 300 g/mol. The summed E-state index contributed by atoms with van der Waals surface area (Å²) in [4.78, 5) is 0. The van der Waals surface area contributed by atoms with E-state index in [1.165, 1.54) is 0 Å². The summed E-state index contributed by atoms with van der Waals surface area (Å²) < 4.78 is 34.6. The van der Waals surface area contributed by atoms with Crippen molar-refractivity contribution in [3.8, 4) is 0 Å². The van der Waals surface area contributed by atoms with Crippen molar-refractivity contribution in [1.82, 2.24) is 0 Å². The molecule has 0 aliphatic heterocycles. The van der Waals surface area contributed by atoms with Crippen LogP contribution in [-0.4, -0.2) is 30.4 Å². The van der Waals surface area contributed by atoms with Crippen molar-refractivity contribution in [3.63, 3.8) is 0 Å². The van der Waals surface area contributed by atoms with Crippen molar-refractivity contribution in [2.24, 2.45) is 0 Å². The summed E-state index contributed by atoms with van der Waals surface area (Å²) in [6, 6.07) is 0. The van der Waals surface area contributed by atoms with E-state index in [9.17, 15) is 13.2 Å². The molecule has 4 heteroatoms. The van der Waals surface area contributed by atoms with Gasteiger partial charge in [-0.1, -0.05) is 0 Å². The van der Waals surface area contributed by atoms with Gasteiger partial charge in [-0.15, -0.1) is 0 Å². The molecule has 0 bridgehead atoms. The molecule has 0 aromatic rings. The molecule has 40 valence electrons. The van der Waals surface area contributed by atoms with Gasteiger partial charge < -0.3 is 0 Å². The van der Waals surface area contributed by atoms with E-state index in [-0.39, 0.29) is 0 Å². The molecular formula is C3H5F3Pb+2. The van der Waals surface area contributed by atoms with E-state index in [0.717, 1.165) is 0 Å². The molecule has 0 radical (unpaired) electrons. The molecule has 0 spiro atoms. The van der Waals surface area contributed by atoms with Crippen LogP contribution in [0.4, 0.5) is 13.2 Å². The van der Waals surface area contributed by atoms with Gasteiger partial charge in [0.15, 0.2) is 0 Å². The Bertz CT molecular complexity index is 48.6. The summed E-state index contributed by atoms with van der Waals surface area (Å²) in [5.41, 5.74) is 0. The minimum absolute atomic E-state index is 0.465. The van der Waals surface area contributed by atoms with Crippen LogP contribution in [0, 0.1) is 0 Å². The minimum atomic E-state index is -3.86. The first-order chi connectivity index (χ1) is 3.06. The maximum absolute atomic E-state index is 11.1. The van der Waals surface area contributed by atoms with Gasteiger partial charge in [0, 0.05) is 0 Å². The van der Waals surface area contributed by atoms with Crippen LogP contribution in [0.25, 0.3) is 0 Å². The van der Waals surface area contributed by atoms with Gasteiger partial charge in [-0.25, -0.2) is 0 Å². The van der Waals surface area contributed by atoms with Gasteiger partial charge in [0.25, 0.3) is 0 Å². The normalized spacial score (nSPS) is 10.9. The Hall–Kier alpha value is 0.712. The third kappa shape index (κ3) is 6.71. The van der Waals surface area contributed by atoms with Crippen molar-refractivity contribution < 1.29 is 13.2 Å². The van der Waals surface area contributed by atoms with E-state index in [1.807, 2.05) is 0 Å². The van der Waals surface area contributed by atoms with Gasteiger partial charge in [0.2, 0.25) is 0 Å². The van der Waals surface area contributed by atoms with Crippen molar-refractivity contribution in [2.75, 3.05) is 0 Å². The quantitative estimate of drug-likeness (QED) is 0.647. The maximum atomic E-state index is 11.1. The van der Waals surface area contributed by atoms with E-state index >= 15 is 0 Å². The van der Waals surface area contributed by atoms with Gasteiger partial charge in [-0.2, -0.15) is 0 Å². The Balaban J connectivity index is 3.15. The monoisotopic (exact) mass is 306 g/mol. The van der Waals surface area contributed by atoms with Gasteiger partial charge in [0.1, 0.15) is 0 Å². The van der Waals surface area contributed by atoms with Crippen molar-refractivity contribution in [3.05, 3.63) is 0 Å². The van der Waals surface area contributed by atoms with E-state index in [1.54, 1.807) is 4.48 Å². The van der Waals surface area contributed by atoms with Gasteiger partial charge in [-0.05, 0) is 0 Å². The molecule has 0 rings (SSSR count). The fourth-order valence-corrected chi connectivity index (χ4v) is 1.76. The summed E-state index contributed by atoms with van der Waals surface area (Å²) in [6.45, 7) is 0. The Morgan fingerprint density at radius 3 is 1.86 bits per heavy atom. The van der Waals surface area contributed by atoms with Crippen LogP contribution >= 0.6 is 0 Å². The zero-order chi connectivity index (χ0) is 5.91. The molecule has 0 aromatic heterocycles. The molecule has 0 saturated carbocycles. The first-order valence-electron chi connectivity index (χ1n) is 1.77. The number of hydrogen-bond donors (Lipinski definition) is 0. The fraction of sp³-hybridized carbons (Fsp3) is 1.00. The molecule has 0 saturated heterocycles. The summed E-state index contributed by atoms with van der Waals surface area (Å²) in [5, 5.41) is 0. The SMILES string of the molecule is [CH3][Pb+2][CH2]C(F)(F)F. The van der Waals surface area contributed by atoms with Crippen LogP contribution in [0.1, 0.15) is 0 Å². The van der Waals surface area contributed by atoms with E-state index in [0.29, 0.717) is 0 Å². The van der Waals surface area contributed by atoms with Crippen LogP contribution in [0.2, 0.25) is 8.46 Å². The van der Waals surface area contributed by atoms with E-state index in [2.05, 4.69) is 0 Å². The number of hydrogen-bond acceptors (Lipinski definition) is 0. The Labute approximate surface area is 52.3 Å². The molecule has 0 fully saturated rings. The number of alkyl halides is 3. The first-order valence-corrected chi connectivity index (χ1v) is 8.41. The van der Waals surface area contributed by atoms with Crippen LogP contribution < -0.4 is 0 Å². The molecule has 0 aliphatic carbocycles. The molecule has 0 amide bonds. The number of halogens is 3. The van der Waals surface area contributed by atoms with Crippen LogP contribution in [-0.2, 0) is 0 Å². The van der Waals surface area contributed by atoms with Crippen molar-refractivity contribution in [2.45, 2.75) is 14.6 Å². The Morgan fingerprint density at radius 1 is 1.43 bits per heavy atom. The molecule has 0 heterocycles. The topological polar surface area (TPSA) is 0 Å². The molecule has 7 heavy (non-hydrogen) atoms. The summed E-state index contributed by atoms with van der Waals surface area (Å²) in [6.07, 6.45) is -3.86. The third-order valence-electron chi connectivity index (χ3n) is 0.377. The summed E-state index contributed by atoms with van der Waals surface area (Å²) >= 11 is -1.21. The molecule has 0 aliphatic rings. The fourth-order valence-electron chi connectivity index (χ4n) is 0.200. The number of rotatable bonds is 1. The van der Waals surface area contributed by atoms with Gasteiger partial charge >= 0.3 is 52.0 Å². The Kier molecular flexibility index (Phi) is 3.18. The molecule has 0 N–H and O–H groups in total. The molecule has 0 aromatic carbocycles. The average Bonchev–Trinajstić information content (AvgIpc) is 1.30. The van der Waals surface area contributed by atoms with Crippen molar-refractivity contribution >= 4 is 24.2 Å². The Morgan fingerprint density at radius 2 is 1.86 bits per heavy atom. The second-order valence-corrected chi connectivity index (χ2v) is 5.27. The van der Waals surface area contributed by atoms with Crippen LogP contribution in [0.5, 0.6) is 0 Å². The average molecular weight is 305 g/mol. The first kappa shape index (κ1) is 7.71. The second kappa shape index (κ2) is 2.89. The second-order valence-electron chi connectivity index (χ2n) is 1.15. The third-order valence-corrected chi connectivity index (χ3v) is 3.31. The summed E-state index contributed by atoms with van der Waals surface area (Å²) in [5.74, 6) is 0. The predicted molar refractivity (Wildman–Crippen MR) is 22.5 cm³/mol. The van der Waals surface area contributed by atoms with E-state index in [4.69, 9.17) is 0 Å². The van der Waals surface area contributed by atoms with Crippen LogP contribution in [0.3, 0.4) is 0 Å². The van der Waals surface area contributed by atoms with Gasteiger partial charge in [0.05, 0.1) is 0 Å². The zero-order valence-corrected chi connectivity index (χ0v) is 7.73. The van der Waals surface area contributed by atoms with Gasteiger partial charge in [-0.3, -0.25) is 0 Å². The van der Waals surface area contributed by atoms with Crippen molar-refractivity contribution in [1.29, 1.82) is 0 Å². The zero-order valence-electron chi connectivity index (χ0n) is 3.84. The molecule has 0 unspecified atom stereocenters. The standard InChI is InChI=1S/C2H2F3.CH3.Pb/c1-2(3,4)5;;/h1H2;1H3;/q;;+2. The molecule has 0 nitrogen and oxygen atoms in total. The predicted octanol–water partition coefficient (Wildman–Crippen LogP) is 1.72. The molecule has 0 atom stereocenters. The summed E-state index contributed by atoms with van der Waals surface area (Å²) in [7, 11) is 0. The van der Waals surface area contributed by atoms with Crippen LogP contribution in [0.15, 0.2) is 0 Å². The van der Waals surface area contributed by atoms with E-state index < -0.39 is 34.4 Å².